The molecule has 0 atom stereocenters. The maximum atomic E-state index is 8.58. The zero-order chi connectivity index (χ0) is 8.81. The molecule has 0 unspecified atom stereocenters. The van der Waals surface area contributed by atoms with Crippen molar-refractivity contribution in [3.63, 3.8) is 0 Å². The van der Waals surface area contributed by atoms with Gasteiger partial charge in [-0.1, -0.05) is 17.7 Å². The molecule has 0 spiro atoms. The lowest BCUT2D eigenvalue weighted by molar-refractivity contribution is 0.296. The molecule has 0 saturated carbocycles. The van der Waals surface area contributed by atoms with Crippen LogP contribution in [0.15, 0.2) is 29.2 Å². The van der Waals surface area contributed by atoms with E-state index >= 15 is 0 Å². The molecule has 12 heavy (non-hydrogen) atoms. The minimum Gasteiger partial charge on any atom is -0.396 e. The van der Waals surface area contributed by atoms with Gasteiger partial charge in [0.05, 0.1) is 0 Å². The third-order valence-electron chi connectivity index (χ3n) is 1.59. The summed E-state index contributed by atoms with van der Waals surface area (Å²) in [5.74, 6) is 1.000. The van der Waals surface area contributed by atoms with Crippen molar-refractivity contribution in [1.29, 1.82) is 0 Å². The van der Waals surface area contributed by atoms with Gasteiger partial charge in [0, 0.05) is 17.3 Å². The van der Waals surface area contributed by atoms with E-state index in [1.54, 1.807) is 11.8 Å². The van der Waals surface area contributed by atoms with E-state index in [2.05, 4.69) is 31.2 Å². The van der Waals surface area contributed by atoms with Crippen LogP contribution >= 0.6 is 11.8 Å². The molecule has 0 aliphatic carbocycles. The summed E-state index contributed by atoms with van der Waals surface area (Å²) in [6.45, 7) is 2.38. The van der Waals surface area contributed by atoms with E-state index in [0.717, 1.165) is 12.2 Å². The molecular weight excluding hydrogens is 168 g/mol. The van der Waals surface area contributed by atoms with Crippen LogP contribution in [0.4, 0.5) is 0 Å². The summed E-state index contributed by atoms with van der Waals surface area (Å²) in [5, 5.41) is 8.58. The van der Waals surface area contributed by atoms with Gasteiger partial charge in [0.2, 0.25) is 0 Å². The van der Waals surface area contributed by atoms with E-state index in [-0.39, 0.29) is 0 Å². The SMILES string of the molecule is Cc1ccc(SCCCO)cc1. The minimum absolute atomic E-state index is 0.291. The van der Waals surface area contributed by atoms with Crippen LogP contribution in [-0.2, 0) is 0 Å². The molecule has 0 aliphatic heterocycles. The van der Waals surface area contributed by atoms with Crippen molar-refractivity contribution in [3.05, 3.63) is 29.8 Å². The van der Waals surface area contributed by atoms with E-state index in [1.807, 2.05) is 0 Å². The molecule has 0 bridgehead atoms. The molecule has 1 N–H and O–H groups in total. The lowest BCUT2D eigenvalue weighted by atomic mass is 10.2. The van der Waals surface area contributed by atoms with Crippen LogP contribution in [0.3, 0.4) is 0 Å². The average Bonchev–Trinajstić information content (AvgIpc) is 2.09. The first-order valence-corrected chi connectivity index (χ1v) is 5.12. The number of rotatable bonds is 4. The first kappa shape index (κ1) is 9.62. The fourth-order valence-corrected chi connectivity index (χ4v) is 1.73. The van der Waals surface area contributed by atoms with Crippen LogP contribution in [0.1, 0.15) is 12.0 Å². The molecule has 66 valence electrons. The van der Waals surface area contributed by atoms with Gasteiger partial charge in [-0.3, -0.25) is 0 Å². The van der Waals surface area contributed by atoms with Gasteiger partial charge >= 0.3 is 0 Å². The number of benzene rings is 1. The molecule has 1 aromatic rings. The van der Waals surface area contributed by atoms with Crippen LogP contribution in [0.25, 0.3) is 0 Å². The number of thioether (sulfide) groups is 1. The Labute approximate surface area is 77.8 Å². The molecule has 1 nitrogen and oxygen atoms in total. The normalized spacial score (nSPS) is 10.2. The molecule has 1 aromatic carbocycles. The Morgan fingerprint density at radius 2 is 1.92 bits per heavy atom. The van der Waals surface area contributed by atoms with Crippen LogP contribution in [0.5, 0.6) is 0 Å². The van der Waals surface area contributed by atoms with Crippen molar-refractivity contribution in [1.82, 2.24) is 0 Å². The summed E-state index contributed by atoms with van der Waals surface area (Å²) < 4.78 is 0. The topological polar surface area (TPSA) is 20.2 Å². The highest BCUT2D eigenvalue weighted by atomic mass is 32.2. The predicted octanol–water partition coefficient (Wildman–Crippen LogP) is 2.47. The maximum absolute atomic E-state index is 8.58. The van der Waals surface area contributed by atoms with Gasteiger partial charge in [-0.05, 0) is 25.5 Å². The van der Waals surface area contributed by atoms with E-state index in [4.69, 9.17) is 5.11 Å². The van der Waals surface area contributed by atoms with Gasteiger partial charge in [0.25, 0.3) is 0 Å². The number of aliphatic hydroxyl groups excluding tert-OH is 1. The van der Waals surface area contributed by atoms with Gasteiger partial charge in [-0.15, -0.1) is 11.8 Å². The lowest BCUT2D eigenvalue weighted by Crippen LogP contribution is -1.85. The molecule has 0 aromatic heterocycles. The second-order valence-corrected chi connectivity index (χ2v) is 3.91. The van der Waals surface area contributed by atoms with E-state index in [0.29, 0.717) is 6.61 Å². The first-order valence-electron chi connectivity index (χ1n) is 4.13. The van der Waals surface area contributed by atoms with E-state index < -0.39 is 0 Å². The van der Waals surface area contributed by atoms with Crippen molar-refractivity contribution in [2.75, 3.05) is 12.4 Å². The number of hydrogen-bond acceptors (Lipinski definition) is 2. The average molecular weight is 182 g/mol. The van der Waals surface area contributed by atoms with Gasteiger partial charge in [-0.25, -0.2) is 0 Å². The molecule has 1 rings (SSSR count). The summed E-state index contributed by atoms with van der Waals surface area (Å²) in [6.07, 6.45) is 0.874. The summed E-state index contributed by atoms with van der Waals surface area (Å²) in [6, 6.07) is 8.47. The highest BCUT2D eigenvalue weighted by molar-refractivity contribution is 7.99. The van der Waals surface area contributed by atoms with Crippen molar-refractivity contribution in [3.8, 4) is 0 Å². The van der Waals surface area contributed by atoms with Gasteiger partial charge in [-0.2, -0.15) is 0 Å². The van der Waals surface area contributed by atoms with Gasteiger partial charge in [0.15, 0.2) is 0 Å². The molecule has 0 aliphatic rings. The highest BCUT2D eigenvalue weighted by Crippen LogP contribution is 2.18. The molecule has 0 fully saturated rings. The zero-order valence-corrected chi connectivity index (χ0v) is 8.10. The standard InChI is InChI=1S/C10H14OS/c1-9-3-5-10(6-4-9)12-8-2-7-11/h3-6,11H,2,7-8H2,1H3. The van der Waals surface area contributed by atoms with Crippen molar-refractivity contribution >= 4 is 11.8 Å². The van der Waals surface area contributed by atoms with E-state index in [9.17, 15) is 0 Å². The fourth-order valence-electron chi connectivity index (χ4n) is 0.889. The third-order valence-corrected chi connectivity index (χ3v) is 2.69. The third kappa shape index (κ3) is 3.28. The lowest BCUT2D eigenvalue weighted by Gasteiger charge is -1.99. The van der Waals surface area contributed by atoms with E-state index in [1.165, 1.54) is 10.5 Å². The quantitative estimate of drug-likeness (QED) is 0.570. The fraction of sp³-hybridized carbons (Fsp3) is 0.400. The molecule has 0 heterocycles. The number of aryl methyl sites for hydroxylation is 1. The van der Waals surface area contributed by atoms with Crippen LogP contribution in [0.2, 0.25) is 0 Å². The second-order valence-electron chi connectivity index (χ2n) is 2.74. The molecular formula is C10H14OS. The smallest absolute Gasteiger partial charge is 0.0439 e. The molecule has 0 amide bonds. The Morgan fingerprint density at radius 3 is 2.50 bits per heavy atom. The Kier molecular flexibility index (Phi) is 4.19. The summed E-state index contributed by atoms with van der Waals surface area (Å²) >= 11 is 1.79. The summed E-state index contributed by atoms with van der Waals surface area (Å²) in [4.78, 5) is 1.29. The molecule has 0 radical (unpaired) electrons. The second kappa shape index (κ2) is 5.22. The van der Waals surface area contributed by atoms with Gasteiger partial charge < -0.3 is 5.11 Å². The number of aliphatic hydroxyl groups is 1. The van der Waals surface area contributed by atoms with Crippen molar-refractivity contribution < 1.29 is 5.11 Å². The summed E-state index contributed by atoms with van der Waals surface area (Å²) in [7, 11) is 0. The maximum Gasteiger partial charge on any atom is 0.0439 e. The Bertz CT molecular complexity index is 218. The zero-order valence-electron chi connectivity index (χ0n) is 7.29. The van der Waals surface area contributed by atoms with Crippen LogP contribution in [0, 0.1) is 6.92 Å². The molecule has 2 heteroatoms. The largest absolute Gasteiger partial charge is 0.396 e. The monoisotopic (exact) mass is 182 g/mol. The summed E-state index contributed by atoms with van der Waals surface area (Å²) in [5.41, 5.74) is 1.29. The highest BCUT2D eigenvalue weighted by Gasteiger charge is 1.92. The minimum atomic E-state index is 0.291. The van der Waals surface area contributed by atoms with Crippen molar-refractivity contribution in [2.24, 2.45) is 0 Å². The van der Waals surface area contributed by atoms with Crippen LogP contribution in [-0.4, -0.2) is 17.5 Å². The Hall–Kier alpha value is -0.470. The number of hydrogen-bond donors (Lipinski definition) is 1. The van der Waals surface area contributed by atoms with Gasteiger partial charge in [0.1, 0.15) is 0 Å². The predicted molar refractivity (Wildman–Crippen MR) is 53.6 cm³/mol. The first-order chi connectivity index (χ1) is 5.83. The Morgan fingerprint density at radius 1 is 1.25 bits per heavy atom. The Balaban J connectivity index is 2.37. The van der Waals surface area contributed by atoms with Crippen molar-refractivity contribution in [2.45, 2.75) is 18.2 Å². The molecule has 0 saturated heterocycles. The van der Waals surface area contributed by atoms with Crippen LogP contribution < -0.4 is 0 Å².